The summed E-state index contributed by atoms with van der Waals surface area (Å²) in [4.78, 5) is 3.87. The van der Waals surface area contributed by atoms with Gasteiger partial charge < -0.3 is 5.32 Å². The Balaban J connectivity index is 2.13. The van der Waals surface area contributed by atoms with Crippen molar-refractivity contribution in [3.05, 3.63) is 24.5 Å². The molecule has 106 valence electrons. The second-order valence-corrected chi connectivity index (χ2v) is 6.28. The zero-order valence-corrected chi connectivity index (χ0v) is 11.9. The van der Waals surface area contributed by atoms with Crippen molar-refractivity contribution < 1.29 is 8.42 Å². The number of anilines is 1. The van der Waals surface area contributed by atoms with Crippen LogP contribution in [0, 0.1) is 0 Å². The quantitative estimate of drug-likeness (QED) is 0.839. The summed E-state index contributed by atoms with van der Waals surface area (Å²) in [7, 11) is -1.65. The number of nitrogens with zero attached hydrogens (tertiary/aromatic N) is 2. The number of nitrogens with one attached hydrogen (secondary N) is 2. The number of pyridine rings is 1. The maximum absolute atomic E-state index is 12.4. The summed E-state index contributed by atoms with van der Waals surface area (Å²) in [5.74, 6) is 0. The molecule has 2 rings (SSSR count). The van der Waals surface area contributed by atoms with E-state index in [-0.39, 0.29) is 6.04 Å². The Morgan fingerprint density at radius 1 is 1.37 bits per heavy atom. The second-order valence-electron chi connectivity index (χ2n) is 4.66. The molecule has 0 saturated carbocycles. The Hall–Kier alpha value is -1.18. The Labute approximate surface area is 114 Å². The lowest BCUT2D eigenvalue weighted by Crippen LogP contribution is -2.49. The number of likely N-dealkylation sites (N-methyl/N-ethyl adjacent to an activating group) is 1. The van der Waals surface area contributed by atoms with Gasteiger partial charge in [-0.3, -0.25) is 9.71 Å². The van der Waals surface area contributed by atoms with Gasteiger partial charge in [0.1, 0.15) is 0 Å². The molecule has 2 heterocycles. The molecule has 6 nitrogen and oxygen atoms in total. The van der Waals surface area contributed by atoms with Crippen LogP contribution in [0.2, 0.25) is 0 Å². The van der Waals surface area contributed by atoms with Crippen molar-refractivity contribution >= 4 is 15.9 Å². The number of rotatable bonds is 5. The van der Waals surface area contributed by atoms with E-state index in [1.165, 1.54) is 0 Å². The number of hydrogen-bond acceptors (Lipinski definition) is 4. The molecule has 1 aromatic rings. The van der Waals surface area contributed by atoms with Crippen LogP contribution < -0.4 is 10.0 Å². The van der Waals surface area contributed by atoms with E-state index in [2.05, 4.69) is 15.0 Å². The Morgan fingerprint density at radius 3 is 2.79 bits per heavy atom. The Bertz CT molecular complexity index is 490. The van der Waals surface area contributed by atoms with Gasteiger partial charge in [-0.05, 0) is 32.0 Å². The zero-order chi connectivity index (χ0) is 13.7. The first-order valence-corrected chi connectivity index (χ1v) is 7.91. The van der Waals surface area contributed by atoms with Crippen LogP contribution in [0.3, 0.4) is 0 Å². The largest absolute Gasteiger partial charge is 0.318 e. The van der Waals surface area contributed by atoms with Crippen molar-refractivity contribution in [3.63, 3.8) is 0 Å². The van der Waals surface area contributed by atoms with E-state index < -0.39 is 10.2 Å². The predicted molar refractivity (Wildman–Crippen MR) is 75.1 cm³/mol. The summed E-state index contributed by atoms with van der Waals surface area (Å²) >= 11 is 0. The number of aromatic nitrogens is 1. The third-order valence-corrected chi connectivity index (χ3v) is 4.84. The Morgan fingerprint density at radius 2 is 2.11 bits per heavy atom. The van der Waals surface area contributed by atoms with Gasteiger partial charge in [-0.25, -0.2) is 0 Å². The lowest BCUT2D eigenvalue weighted by molar-refractivity contribution is 0.250. The smallest absolute Gasteiger partial charge is 0.301 e. The molecule has 1 fully saturated rings. The summed E-state index contributed by atoms with van der Waals surface area (Å²) in [6.07, 6.45) is 6.03. The van der Waals surface area contributed by atoms with Crippen LogP contribution in [0.15, 0.2) is 24.5 Å². The van der Waals surface area contributed by atoms with Crippen molar-refractivity contribution in [2.24, 2.45) is 0 Å². The minimum absolute atomic E-state index is 0.0260. The molecule has 0 amide bonds. The minimum Gasteiger partial charge on any atom is -0.318 e. The van der Waals surface area contributed by atoms with Crippen molar-refractivity contribution in [2.75, 3.05) is 24.9 Å². The first kappa shape index (κ1) is 14.2. The molecule has 1 unspecified atom stereocenters. The lowest BCUT2D eigenvalue weighted by atomic mass is 10.1. The van der Waals surface area contributed by atoms with Crippen LogP contribution in [0.1, 0.15) is 19.3 Å². The van der Waals surface area contributed by atoms with Gasteiger partial charge >= 0.3 is 10.2 Å². The fourth-order valence-corrected chi connectivity index (χ4v) is 3.85. The average molecular weight is 284 g/mol. The average Bonchev–Trinajstić information content (AvgIpc) is 2.40. The van der Waals surface area contributed by atoms with Crippen molar-refractivity contribution in [2.45, 2.75) is 25.3 Å². The molecular weight excluding hydrogens is 264 g/mol. The van der Waals surface area contributed by atoms with Crippen LogP contribution >= 0.6 is 0 Å². The molecule has 1 atom stereocenters. The highest BCUT2D eigenvalue weighted by Crippen LogP contribution is 2.21. The molecule has 1 aliphatic heterocycles. The van der Waals surface area contributed by atoms with Gasteiger partial charge in [0.2, 0.25) is 0 Å². The highest BCUT2D eigenvalue weighted by atomic mass is 32.2. The van der Waals surface area contributed by atoms with Crippen LogP contribution in [0.4, 0.5) is 5.69 Å². The molecule has 0 aliphatic carbocycles. The van der Waals surface area contributed by atoms with Crippen molar-refractivity contribution in [1.29, 1.82) is 0 Å². The summed E-state index contributed by atoms with van der Waals surface area (Å²) in [5, 5.41) is 3.06. The highest BCUT2D eigenvalue weighted by molar-refractivity contribution is 7.90. The molecule has 2 N–H and O–H groups in total. The molecule has 1 saturated heterocycles. The zero-order valence-electron chi connectivity index (χ0n) is 11.0. The minimum atomic E-state index is -3.49. The summed E-state index contributed by atoms with van der Waals surface area (Å²) in [6, 6.07) is 3.32. The van der Waals surface area contributed by atoms with Crippen LogP contribution in [-0.4, -0.2) is 43.9 Å². The summed E-state index contributed by atoms with van der Waals surface area (Å²) in [5.41, 5.74) is 0.545. The number of piperidine rings is 1. The fourth-order valence-electron chi connectivity index (χ4n) is 2.36. The first-order chi connectivity index (χ1) is 9.13. The van der Waals surface area contributed by atoms with E-state index in [0.29, 0.717) is 18.8 Å². The van der Waals surface area contributed by atoms with Crippen LogP contribution in [0.5, 0.6) is 0 Å². The molecule has 0 aromatic carbocycles. The number of hydrogen-bond donors (Lipinski definition) is 2. The van der Waals surface area contributed by atoms with Gasteiger partial charge in [0.15, 0.2) is 0 Å². The summed E-state index contributed by atoms with van der Waals surface area (Å²) in [6.45, 7) is 1.25. The predicted octanol–water partition coefficient (Wildman–Crippen LogP) is 0.812. The normalized spacial score (nSPS) is 21.2. The molecule has 0 spiro atoms. The van der Waals surface area contributed by atoms with E-state index in [9.17, 15) is 8.42 Å². The van der Waals surface area contributed by atoms with Gasteiger partial charge in [0.05, 0.1) is 5.69 Å². The van der Waals surface area contributed by atoms with E-state index in [1.54, 1.807) is 28.8 Å². The monoisotopic (exact) mass is 284 g/mol. The fraction of sp³-hybridized carbons (Fsp3) is 0.583. The van der Waals surface area contributed by atoms with Gasteiger partial charge in [-0.15, -0.1) is 0 Å². The van der Waals surface area contributed by atoms with Crippen LogP contribution in [0.25, 0.3) is 0 Å². The maximum Gasteiger partial charge on any atom is 0.301 e. The van der Waals surface area contributed by atoms with Crippen LogP contribution in [-0.2, 0) is 10.2 Å². The van der Waals surface area contributed by atoms with Gasteiger partial charge in [0, 0.05) is 31.5 Å². The van der Waals surface area contributed by atoms with E-state index in [4.69, 9.17) is 0 Å². The van der Waals surface area contributed by atoms with Crippen molar-refractivity contribution in [1.82, 2.24) is 14.6 Å². The Kier molecular flexibility index (Phi) is 4.73. The van der Waals surface area contributed by atoms with Gasteiger partial charge in [-0.1, -0.05) is 6.42 Å². The van der Waals surface area contributed by atoms with E-state index in [0.717, 1.165) is 19.3 Å². The molecule has 19 heavy (non-hydrogen) atoms. The lowest BCUT2D eigenvalue weighted by Gasteiger charge is -2.34. The molecule has 0 bridgehead atoms. The topological polar surface area (TPSA) is 74.3 Å². The third kappa shape index (κ3) is 3.65. The molecule has 7 heteroatoms. The van der Waals surface area contributed by atoms with Gasteiger partial charge in [-0.2, -0.15) is 12.7 Å². The second kappa shape index (κ2) is 6.31. The van der Waals surface area contributed by atoms with E-state index >= 15 is 0 Å². The summed E-state index contributed by atoms with van der Waals surface area (Å²) < 4.78 is 29.0. The first-order valence-electron chi connectivity index (χ1n) is 6.47. The molecular formula is C12H20N4O2S. The standard InChI is InChI=1S/C12H20N4O2S/c1-13-10-12-4-2-3-9-16(12)19(17,18)15-11-5-7-14-8-6-11/h5-8,12-13H,2-4,9-10H2,1H3,(H,14,15). The maximum atomic E-state index is 12.4. The molecule has 1 aliphatic rings. The highest BCUT2D eigenvalue weighted by Gasteiger charge is 2.31. The van der Waals surface area contributed by atoms with E-state index in [1.807, 2.05) is 7.05 Å². The molecule has 0 radical (unpaired) electrons. The third-order valence-electron chi connectivity index (χ3n) is 3.25. The van der Waals surface area contributed by atoms with Crippen molar-refractivity contribution in [3.8, 4) is 0 Å². The molecule has 1 aromatic heterocycles. The SMILES string of the molecule is CNCC1CCCCN1S(=O)(=O)Nc1ccncc1. The van der Waals surface area contributed by atoms with Gasteiger partial charge in [0.25, 0.3) is 0 Å².